The fraction of sp³-hybridized carbons (Fsp3) is 1.00. The number of methoxy groups -OCH3 is 1. The van der Waals surface area contributed by atoms with Crippen LogP contribution in [0.25, 0.3) is 0 Å². The van der Waals surface area contributed by atoms with Crippen LogP contribution in [0.2, 0.25) is 0 Å². The maximum absolute atomic E-state index is 5.85. The monoisotopic (exact) mass is 242 g/mol. The highest BCUT2D eigenvalue weighted by atomic mass is 16.5. The van der Waals surface area contributed by atoms with Crippen molar-refractivity contribution < 1.29 is 9.47 Å². The second-order valence-electron chi connectivity index (χ2n) is 5.31. The van der Waals surface area contributed by atoms with Crippen molar-refractivity contribution in [3.8, 4) is 0 Å². The van der Waals surface area contributed by atoms with Gasteiger partial charge in [0.1, 0.15) is 0 Å². The molecule has 0 saturated carbocycles. The molecule has 4 heteroatoms. The molecule has 4 nitrogen and oxygen atoms in total. The molecule has 0 aliphatic carbocycles. The highest BCUT2D eigenvalue weighted by Gasteiger charge is 2.29. The smallest absolute Gasteiger partial charge is 0.0852 e. The normalized spacial score (nSPS) is 33.5. The molecule has 0 aromatic heterocycles. The first kappa shape index (κ1) is 13.3. The van der Waals surface area contributed by atoms with Gasteiger partial charge in [-0.05, 0) is 32.2 Å². The van der Waals surface area contributed by atoms with Crippen molar-refractivity contribution in [1.29, 1.82) is 0 Å². The lowest BCUT2D eigenvalue weighted by molar-refractivity contribution is -0.0399. The number of hydrogen-bond donors (Lipinski definition) is 1. The summed E-state index contributed by atoms with van der Waals surface area (Å²) in [7, 11) is 1.80. The van der Waals surface area contributed by atoms with Gasteiger partial charge < -0.3 is 14.8 Å². The maximum atomic E-state index is 5.85. The van der Waals surface area contributed by atoms with Gasteiger partial charge in [-0.15, -0.1) is 0 Å². The van der Waals surface area contributed by atoms with Crippen molar-refractivity contribution in [2.45, 2.75) is 31.9 Å². The van der Waals surface area contributed by atoms with E-state index in [1.54, 1.807) is 7.11 Å². The average molecular weight is 242 g/mol. The van der Waals surface area contributed by atoms with Crippen LogP contribution in [-0.4, -0.2) is 63.5 Å². The molecule has 2 aliphatic heterocycles. The summed E-state index contributed by atoms with van der Waals surface area (Å²) < 4.78 is 11.1. The summed E-state index contributed by atoms with van der Waals surface area (Å²) in [5.41, 5.74) is 0. The van der Waals surface area contributed by atoms with E-state index in [9.17, 15) is 0 Å². The predicted octanol–water partition coefficient (Wildman–Crippen LogP) is 0.722. The summed E-state index contributed by atoms with van der Waals surface area (Å²) in [5, 5.41) is 3.41. The average Bonchev–Trinajstić information content (AvgIpc) is 2.40. The van der Waals surface area contributed by atoms with Crippen LogP contribution >= 0.6 is 0 Å². The van der Waals surface area contributed by atoms with Gasteiger partial charge in [-0.1, -0.05) is 0 Å². The third-order valence-electron chi connectivity index (χ3n) is 4.02. The zero-order valence-corrected chi connectivity index (χ0v) is 11.2. The molecule has 0 aromatic rings. The molecule has 2 heterocycles. The molecule has 100 valence electrons. The van der Waals surface area contributed by atoms with Gasteiger partial charge in [0.15, 0.2) is 0 Å². The number of nitrogens with zero attached hydrogens (tertiary/aromatic N) is 1. The quantitative estimate of drug-likeness (QED) is 0.788. The molecule has 2 saturated heterocycles. The van der Waals surface area contributed by atoms with Gasteiger partial charge in [0, 0.05) is 32.8 Å². The van der Waals surface area contributed by atoms with Gasteiger partial charge in [-0.3, -0.25) is 4.90 Å². The van der Waals surface area contributed by atoms with Crippen molar-refractivity contribution in [2.75, 3.05) is 46.5 Å². The largest absolute Gasteiger partial charge is 0.384 e. The number of rotatable bonds is 4. The van der Waals surface area contributed by atoms with Crippen LogP contribution in [0.1, 0.15) is 19.8 Å². The molecule has 17 heavy (non-hydrogen) atoms. The molecule has 1 N–H and O–H groups in total. The molecule has 0 bridgehead atoms. The van der Waals surface area contributed by atoms with Gasteiger partial charge in [0.25, 0.3) is 0 Å². The Morgan fingerprint density at radius 1 is 1.53 bits per heavy atom. The van der Waals surface area contributed by atoms with E-state index in [-0.39, 0.29) is 0 Å². The molecule has 0 aromatic carbocycles. The number of likely N-dealkylation sites (tertiary alicyclic amines) is 1. The number of hydrogen-bond acceptors (Lipinski definition) is 4. The Hall–Kier alpha value is -0.160. The highest BCUT2D eigenvalue weighted by Crippen LogP contribution is 2.21. The molecule has 0 amide bonds. The summed E-state index contributed by atoms with van der Waals surface area (Å²) in [5.74, 6) is 0.702. The standard InChI is InChI=1S/C13H26N2O2/c1-11(13-8-14-5-7-17-13)15-6-3-4-12(9-15)10-16-2/h11-14H,3-10H2,1-2H3. The maximum Gasteiger partial charge on any atom is 0.0852 e. The van der Waals surface area contributed by atoms with Gasteiger partial charge in [0.05, 0.1) is 19.3 Å². The molecule has 2 fully saturated rings. The van der Waals surface area contributed by atoms with Crippen LogP contribution in [0, 0.1) is 5.92 Å². The molecular weight excluding hydrogens is 216 g/mol. The van der Waals surface area contributed by atoms with Crippen LogP contribution < -0.4 is 5.32 Å². The SMILES string of the molecule is COCC1CCCN(C(C)C2CNCCO2)C1. The number of morpholine rings is 1. The highest BCUT2D eigenvalue weighted by molar-refractivity contribution is 4.84. The predicted molar refractivity (Wildman–Crippen MR) is 68.2 cm³/mol. The van der Waals surface area contributed by atoms with Gasteiger partial charge >= 0.3 is 0 Å². The van der Waals surface area contributed by atoms with E-state index < -0.39 is 0 Å². The van der Waals surface area contributed by atoms with E-state index in [1.165, 1.54) is 19.4 Å². The first-order valence-electron chi connectivity index (χ1n) is 6.86. The van der Waals surface area contributed by atoms with Crippen molar-refractivity contribution >= 4 is 0 Å². The summed E-state index contributed by atoms with van der Waals surface area (Å²) in [4.78, 5) is 2.57. The van der Waals surface area contributed by atoms with Gasteiger partial charge in [0.2, 0.25) is 0 Å². The van der Waals surface area contributed by atoms with Crippen molar-refractivity contribution in [1.82, 2.24) is 10.2 Å². The summed E-state index contributed by atoms with van der Waals surface area (Å²) >= 11 is 0. The third-order valence-corrected chi connectivity index (χ3v) is 4.02. The van der Waals surface area contributed by atoms with E-state index in [2.05, 4.69) is 17.1 Å². The summed E-state index contributed by atoms with van der Waals surface area (Å²) in [6.45, 7) is 8.41. The second-order valence-corrected chi connectivity index (χ2v) is 5.31. The molecular formula is C13H26N2O2. The summed E-state index contributed by atoms with van der Waals surface area (Å²) in [6.07, 6.45) is 2.95. The Morgan fingerprint density at radius 3 is 3.12 bits per heavy atom. The van der Waals surface area contributed by atoms with Crippen LogP contribution in [0.5, 0.6) is 0 Å². The lowest BCUT2D eigenvalue weighted by Crippen LogP contribution is -2.53. The van der Waals surface area contributed by atoms with E-state index in [0.717, 1.165) is 32.8 Å². The molecule has 0 spiro atoms. The Balaban J connectivity index is 1.82. The first-order chi connectivity index (χ1) is 8.31. The fourth-order valence-corrected chi connectivity index (χ4v) is 2.97. The van der Waals surface area contributed by atoms with Crippen LogP contribution in [0.4, 0.5) is 0 Å². The Bertz CT molecular complexity index is 217. The van der Waals surface area contributed by atoms with Gasteiger partial charge in [-0.2, -0.15) is 0 Å². The third kappa shape index (κ3) is 3.65. The minimum Gasteiger partial charge on any atom is -0.384 e. The minimum atomic E-state index is 0.352. The number of piperidine rings is 1. The zero-order chi connectivity index (χ0) is 12.1. The van der Waals surface area contributed by atoms with Gasteiger partial charge in [-0.25, -0.2) is 0 Å². The fourth-order valence-electron chi connectivity index (χ4n) is 2.97. The van der Waals surface area contributed by atoms with Crippen molar-refractivity contribution in [3.63, 3.8) is 0 Å². The molecule has 3 atom stereocenters. The summed E-state index contributed by atoms with van der Waals surface area (Å²) in [6, 6.07) is 0.516. The molecule has 3 unspecified atom stereocenters. The van der Waals surface area contributed by atoms with E-state index in [1.807, 2.05) is 0 Å². The van der Waals surface area contributed by atoms with Crippen molar-refractivity contribution in [2.24, 2.45) is 5.92 Å². The molecule has 2 rings (SSSR count). The molecule has 0 radical (unpaired) electrons. The Morgan fingerprint density at radius 2 is 2.41 bits per heavy atom. The second kappa shape index (κ2) is 6.69. The van der Waals surface area contributed by atoms with Crippen LogP contribution in [0.15, 0.2) is 0 Å². The lowest BCUT2D eigenvalue weighted by atomic mass is 9.96. The molecule has 2 aliphatic rings. The lowest BCUT2D eigenvalue weighted by Gasteiger charge is -2.41. The Kier molecular flexibility index (Phi) is 5.22. The number of ether oxygens (including phenoxy) is 2. The van der Waals surface area contributed by atoms with Crippen molar-refractivity contribution in [3.05, 3.63) is 0 Å². The van der Waals surface area contributed by atoms with E-state index >= 15 is 0 Å². The Labute approximate surface area is 105 Å². The minimum absolute atomic E-state index is 0.352. The van der Waals surface area contributed by atoms with Crippen LogP contribution in [-0.2, 0) is 9.47 Å². The van der Waals surface area contributed by atoms with E-state index in [4.69, 9.17) is 9.47 Å². The van der Waals surface area contributed by atoms with Crippen LogP contribution in [0.3, 0.4) is 0 Å². The topological polar surface area (TPSA) is 33.7 Å². The first-order valence-corrected chi connectivity index (χ1v) is 6.86. The van der Waals surface area contributed by atoms with E-state index in [0.29, 0.717) is 18.1 Å². The number of nitrogens with one attached hydrogen (secondary N) is 1. The zero-order valence-electron chi connectivity index (χ0n) is 11.2.